The van der Waals surface area contributed by atoms with Crippen LogP contribution in [-0.4, -0.2) is 49.1 Å². The van der Waals surface area contributed by atoms with Crippen LogP contribution >= 0.6 is 0 Å². The number of likely N-dealkylation sites (tertiary alicyclic amines) is 1. The highest BCUT2D eigenvalue weighted by molar-refractivity contribution is 5.74. The fraction of sp³-hybridized carbons (Fsp3) is 0.435. The number of nitrogens with zero attached hydrogens (tertiary/aromatic N) is 2. The van der Waals surface area contributed by atoms with Gasteiger partial charge in [0, 0.05) is 33.1 Å². The summed E-state index contributed by atoms with van der Waals surface area (Å²) in [6.07, 6.45) is -9.92. The zero-order chi connectivity index (χ0) is 24.4. The van der Waals surface area contributed by atoms with Crippen LogP contribution in [0.1, 0.15) is 34.6 Å². The molecule has 1 aliphatic rings. The summed E-state index contributed by atoms with van der Waals surface area (Å²) in [6, 6.07) is 10.5. The molecule has 0 aromatic heterocycles. The van der Waals surface area contributed by atoms with Crippen molar-refractivity contribution in [2.45, 2.75) is 37.4 Å². The van der Waals surface area contributed by atoms with Crippen LogP contribution in [0.5, 0.6) is 0 Å². The van der Waals surface area contributed by atoms with Crippen molar-refractivity contribution < 1.29 is 35.9 Å². The Morgan fingerprint density at radius 2 is 1.58 bits per heavy atom. The van der Waals surface area contributed by atoms with Crippen LogP contribution in [0, 0.1) is 0 Å². The largest absolute Gasteiger partial charge is 0.416 e. The van der Waals surface area contributed by atoms with Crippen molar-refractivity contribution >= 4 is 6.03 Å². The maximum absolute atomic E-state index is 13.1. The molecule has 10 heteroatoms. The molecule has 2 aromatic rings. The average Bonchev–Trinajstić information content (AvgIpc) is 2.76. The highest BCUT2D eigenvalue weighted by Gasteiger charge is 2.38. The van der Waals surface area contributed by atoms with E-state index in [0.29, 0.717) is 31.6 Å². The van der Waals surface area contributed by atoms with Gasteiger partial charge in [0.25, 0.3) is 0 Å². The number of ether oxygens (including phenoxy) is 1. The Bertz CT molecular complexity index is 927. The van der Waals surface area contributed by atoms with E-state index >= 15 is 0 Å². The van der Waals surface area contributed by atoms with Crippen molar-refractivity contribution in [1.82, 2.24) is 9.80 Å². The third-order valence-corrected chi connectivity index (χ3v) is 5.54. The second-order valence-electron chi connectivity index (χ2n) is 8.19. The number of hydrogen-bond acceptors (Lipinski definition) is 2. The van der Waals surface area contributed by atoms with Gasteiger partial charge in [-0.05, 0) is 35.7 Å². The first-order valence-corrected chi connectivity index (χ1v) is 10.3. The lowest BCUT2D eigenvalue weighted by Crippen LogP contribution is -2.49. The van der Waals surface area contributed by atoms with Crippen LogP contribution in [0.15, 0.2) is 48.5 Å². The normalized spacial score (nSPS) is 19.5. The van der Waals surface area contributed by atoms with Crippen LogP contribution in [0.25, 0.3) is 0 Å². The first kappa shape index (κ1) is 24.9. The number of alkyl halides is 6. The lowest BCUT2D eigenvalue weighted by atomic mass is 9.88. The molecule has 2 aromatic carbocycles. The van der Waals surface area contributed by atoms with Gasteiger partial charge in [-0.3, -0.25) is 0 Å². The molecule has 0 bridgehead atoms. The van der Waals surface area contributed by atoms with Gasteiger partial charge in [-0.1, -0.05) is 30.3 Å². The van der Waals surface area contributed by atoms with Crippen molar-refractivity contribution in [3.63, 3.8) is 0 Å². The number of amides is 2. The number of carbonyl (C=O) groups is 1. The highest BCUT2D eigenvalue weighted by Crippen LogP contribution is 2.37. The summed E-state index contributed by atoms with van der Waals surface area (Å²) in [7, 11) is 3.27. The van der Waals surface area contributed by atoms with Crippen LogP contribution in [-0.2, 0) is 23.7 Å². The summed E-state index contributed by atoms with van der Waals surface area (Å²) in [6.45, 7) is 0.270. The van der Waals surface area contributed by atoms with E-state index in [1.165, 1.54) is 4.90 Å². The lowest BCUT2D eigenvalue weighted by molar-refractivity contribution is -0.143. The minimum Gasteiger partial charge on any atom is -0.373 e. The minimum absolute atomic E-state index is 0.0988. The number of hydrogen-bond donors (Lipinski definition) is 0. The van der Waals surface area contributed by atoms with Crippen molar-refractivity contribution in [1.29, 1.82) is 0 Å². The first-order chi connectivity index (χ1) is 15.4. The van der Waals surface area contributed by atoms with Crippen molar-refractivity contribution in [2.24, 2.45) is 0 Å². The first-order valence-electron chi connectivity index (χ1n) is 10.3. The van der Waals surface area contributed by atoms with Gasteiger partial charge < -0.3 is 14.5 Å². The zero-order valence-electron chi connectivity index (χ0n) is 18.1. The van der Waals surface area contributed by atoms with Crippen LogP contribution in [0.4, 0.5) is 31.1 Å². The molecule has 0 saturated carbocycles. The van der Waals surface area contributed by atoms with Gasteiger partial charge in [0.05, 0.1) is 23.8 Å². The molecule has 0 spiro atoms. The summed E-state index contributed by atoms with van der Waals surface area (Å²) in [5.74, 6) is -0.281. The second-order valence-corrected chi connectivity index (χ2v) is 8.19. The molecular weight excluding hydrogens is 450 g/mol. The zero-order valence-corrected chi connectivity index (χ0v) is 18.1. The van der Waals surface area contributed by atoms with E-state index in [1.807, 2.05) is 30.3 Å². The number of benzene rings is 2. The fourth-order valence-electron chi connectivity index (χ4n) is 3.91. The third-order valence-electron chi connectivity index (χ3n) is 5.54. The smallest absolute Gasteiger partial charge is 0.373 e. The van der Waals surface area contributed by atoms with E-state index in [0.717, 1.165) is 5.56 Å². The Morgan fingerprint density at radius 3 is 2.09 bits per heavy atom. The summed E-state index contributed by atoms with van der Waals surface area (Å²) in [4.78, 5) is 15.5. The lowest BCUT2D eigenvalue weighted by Gasteiger charge is -2.39. The van der Waals surface area contributed by atoms with Crippen LogP contribution in [0.3, 0.4) is 0 Å². The monoisotopic (exact) mass is 474 g/mol. The Hall–Kier alpha value is -2.75. The Labute approximate surface area is 187 Å². The summed E-state index contributed by atoms with van der Waals surface area (Å²) in [5, 5.41) is 0. The molecule has 1 heterocycles. The molecule has 1 aliphatic heterocycles. The predicted octanol–water partition coefficient (Wildman–Crippen LogP) is 5.78. The third kappa shape index (κ3) is 6.19. The molecule has 33 heavy (non-hydrogen) atoms. The maximum Gasteiger partial charge on any atom is 0.416 e. The molecule has 1 fully saturated rings. The van der Waals surface area contributed by atoms with Crippen LogP contribution in [0.2, 0.25) is 0 Å². The molecule has 3 rings (SSSR count). The number of carbonyl (C=O) groups excluding carboxylic acids is 1. The van der Waals surface area contributed by atoms with Crippen LogP contribution < -0.4 is 0 Å². The molecule has 2 unspecified atom stereocenters. The molecule has 0 radical (unpaired) electrons. The van der Waals surface area contributed by atoms with Gasteiger partial charge in [-0.2, -0.15) is 26.3 Å². The molecule has 4 nitrogen and oxygen atoms in total. The molecule has 180 valence electrons. The molecule has 1 saturated heterocycles. The van der Waals surface area contributed by atoms with E-state index < -0.39 is 36.2 Å². The second kappa shape index (κ2) is 9.62. The van der Waals surface area contributed by atoms with Gasteiger partial charge in [-0.15, -0.1) is 0 Å². The number of piperidine rings is 1. The van der Waals surface area contributed by atoms with Gasteiger partial charge in [0.1, 0.15) is 0 Å². The van der Waals surface area contributed by atoms with E-state index in [1.54, 1.807) is 19.0 Å². The average molecular weight is 474 g/mol. The standard InChI is InChI=1S/C23H24F6N2O2/c1-30(2)21(32)31-9-8-20(19(13-31)16-6-4-3-5-7-16)33-14-15-10-17(22(24,25)26)12-18(11-15)23(27,28)29/h3-7,10-12,19-20H,8-9,13-14H2,1-2H3. The molecule has 2 amide bonds. The molecule has 2 atom stereocenters. The van der Waals surface area contributed by atoms with Gasteiger partial charge in [-0.25, -0.2) is 4.79 Å². The number of halogens is 6. The van der Waals surface area contributed by atoms with Crippen molar-refractivity contribution in [2.75, 3.05) is 27.2 Å². The van der Waals surface area contributed by atoms with Gasteiger partial charge in [0.15, 0.2) is 0 Å². The SMILES string of the molecule is CN(C)C(=O)N1CCC(OCc2cc(C(F)(F)F)cc(C(F)(F)F)c2)C(c2ccccc2)C1. The van der Waals surface area contributed by atoms with E-state index in [2.05, 4.69) is 0 Å². The van der Waals surface area contributed by atoms with E-state index in [4.69, 9.17) is 4.74 Å². The number of rotatable bonds is 4. The Kier molecular flexibility index (Phi) is 7.26. The molecular formula is C23H24F6N2O2. The number of urea groups is 1. The predicted molar refractivity (Wildman–Crippen MR) is 109 cm³/mol. The minimum atomic E-state index is -4.92. The summed E-state index contributed by atoms with van der Waals surface area (Å²) >= 11 is 0. The van der Waals surface area contributed by atoms with Gasteiger partial charge >= 0.3 is 18.4 Å². The van der Waals surface area contributed by atoms with Gasteiger partial charge in [0.2, 0.25) is 0 Å². The molecule has 0 N–H and O–H groups in total. The maximum atomic E-state index is 13.1. The van der Waals surface area contributed by atoms with E-state index in [9.17, 15) is 31.1 Å². The van der Waals surface area contributed by atoms with Crippen molar-refractivity contribution in [3.8, 4) is 0 Å². The van der Waals surface area contributed by atoms with E-state index in [-0.39, 0.29) is 23.6 Å². The van der Waals surface area contributed by atoms with Crippen molar-refractivity contribution in [3.05, 3.63) is 70.8 Å². The fourth-order valence-corrected chi connectivity index (χ4v) is 3.91. The topological polar surface area (TPSA) is 32.8 Å². The Balaban J connectivity index is 1.84. The molecule has 0 aliphatic carbocycles. The summed E-state index contributed by atoms with van der Waals surface area (Å²) in [5.41, 5.74) is -2.08. The quantitative estimate of drug-likeness (QED) is 0.527. The highest BCUT2D eigenvalue weighted by atomic mass is 19.4. The Morgan fingerprint density at radius 1 is 1.00 bits per heavy atom. The summed E-state index contributed by atoms with van der Waals surface area (Å²) < 4.78 is 84.8.